The highest BCUT2D eigenvalue weighted by Crippen LogP contribution is 2.30. The van der Waals surface area contributed by atoms with Crippen molar-refractivity contribution < 1.29 is 4.79 Å². The van der Waals surface area contributed by atoms with Crippen molar-refractivity contribution in [3.63, 3.8) is 0 Å². The minimum atomic E-state index is 0.0129. The van der Waals surface area contributed by atoms with Gasteiger partial charge in [0.1, 0.15) is 5.69 Å². The second-order valence-electron chi connectivity index (χ2n) is 5.99. The molecule has 1 fully saturated rings. The van der Waals surface area contributed by atoms with Gasteiger partial charge >= 0.3 is 0 Å². The maximum Gasteiger partial charge on any atom is 0.274 e. The number of carbonyl (C=O) groups is 1. The molecule has 7 heteroatoms. The Kier molecular flexibility index (Phi) is 4.75. The molecule has 6 nitrogen and oxygen atoms in total. The molecule has 0 N–H and O–H groups in total. The van der Waals surface area contributed by atoms with Crippen LogP contribution in [-0.2, 0) is 6.54 Å². The summed E-state index contributed by atoms with van der Waals surface area (Å²) >= 11 is 1.88. The Hall–Kier alpha value is -1.76. The second-order valence-corrected chi connectivity index (χ2v) is 7.14. The number of carbonyl (C=O) groups excluding carboxylic acids is 1. The largest absolute Gasteiger partial charge is 0.328 e. The molecule has 1 aliphatic heterocycles. The zero-order valence-corrected chi connectivity index (χ0v) is 14.7. The van der Waals surface area contributed by atoms with Crippen molar-refractivity contribution in [2.75, 3.05) is 18.1 Å². The van der Waals surface area contributed by atoms with E-state index < -0.39 is 0 Å². The standard InChI is InChI=1S/C16H23N5OS/c1-4-19-10-13(9-17-19)15-11-23-8-7-20(15)16(22)14-5-6-21(18-14)12(2)3/h5-6,9-10,12,15H,4,7-8,11H2,1-3H3/t15-/m1/s1. The van der Waals surface area contributed by atoms with Gasteiger partial charge in [0.15, 0.2) is 0 Å². The molecule has 3 heterocycles. The molecule has 1 saturated heterocycles. The molecule has 1 aliphatic rings. The van der Waals surface area contributed by atoms with E-state index in [1.54, 1.807) is 0 Å². The van der Waals surface area contributed by atoms with Gasteiger partial charge in [0, 0.05) is 48.6 Å². The third kappa shape index (κ3) is 3.29. The van der Waals surface area contributed by atoms with Crippen LogP contribution in [-0.4, -0.2) is 48.4 Å². The van der Waals surface area contributed by atoms with E-state index in [0.29, 0.717) is 5.69 Å². The van der Waals surface area contributed by atoms with Crippen LogP contribution in [0.15, 0.2) is 24.7 Å². The molecule has 0 aliphatic carbocycles. The normalized spacial score (nSPS) is 18.6. The Labute approximate surface area is 140 Å². The number of nitrogens with zero attached hydrogens (tertiary/aromatic N) is 5. The summed E-state index contributed by atoms with van der Waals surface area (Å²) in [5, 5.41) is 8.79. The number of hydrogen-bond acceptors (Lipinski definition) is 4. The van der Waals surface area contributed by atoms with Crippen LogP contribution in [0.5, 0.6) is 0 Å². The fourth-order valence-corrected chi connectivity index (χ4v) is 3.82. The highest BCUT2D eigenvalue weighted by Gasteiger charge is 2.31. The fraction of sp³-hybridized carbons (Fsp3) is 0.562. The maximum atomic E-state index is 12.9. The first kappa shape index (κ1) is 16.1. The number of rotatable bonds is 4. The van der Waals surface area contributed by atoms with Crippen molar-refractivity contribution in [3.05, 3.63) is 35.9 Å². The van der Waals surface area contributed by atoms with Crippen molar-refractivity contribution in [1.29, 1.82) is 0 Å². The highest BCUT2D eigenvalue weighted by molar-refractivity contribution is 7.99. The number of thioether (sulfide) groups is 1. The van der Waals surface area contributed by atoms with Crippen LogP contribution in [0.2, 0.25) is 0 Å². The lowest BCUT2D eigenvalue weighted by atomic mass is 10.1. The lowest BCUT2D eigenvalue weighted by molar-refractivity contribution is 0.0694. The van der Waals surface area contributed by atoms with Crippen LogP contribution in [0.4, 0.5) is 0 Å². The lowest BCUT2D eigenvalue weighted by Crippen LogP contribution is -2.41. The third-order valence-electron chi connectivity index (χ3n) is 4.11. The molecule has 1 amide bonds. The van der Waals surface area contributed by atoms with Gasteiger partial charge in [0.2, 0.25) is 0 Å². The monoisotopic (exact) mass is 333 g/mol. The van der Waals surface area contributed by atoms with Crippen molar-refractivity contribution in [3.8, 4) is 0 Å². The van der Waals surface area contributed by atoms with E-state index in [0.717, 1.165) is 30.2 Å². The van der Waals surface area contributed by atoms with E-state index in [2.05, 4.69) is 31.0 Å². The molecule has 2 aromatic heterocycles. The van der Waals surface area contributed by atoms with Gasteiger partial charge in [-0.2, -0.15) is 22.0 Å². The van der Waals surface area contributed by atoms with Crippen molar-refractivity contribution in [2.24, 2.45) is 0 Å². The predicted molar refractivity (Wildman–Crippen MR) is 91.6 cm³/mol. The Morgan fingerprint density at radius 3 is 2.96 bits per heavy atom. The molecule has 3 rings (SSSR count). The van der Waals surface area contributed by atoms with Gasteiger partial charge in [-0.3, -0.25) is 14.2 Å². The molecule has 2 aromatic rings. The summed E-state index contributed by atoms with van der Waals surface area (Å²) in [6, 6.07) is 2.15. The highest BCUT2D eigenvalue weighted by atomic mass is 32.2. The van der Waals surface area contributed by atoms with E-state index in [-0.39, 0.29) is 18.0 Å². The Morgan fingerprint density at radius 2 is 2.30 bits per heavy atom. The molecule has 0 saturated carbocycles. The van der Waals surface area contributed by atoms with Gasteiger partial charge in [0.25, 0.3) is 5.91 Å². The summed E-state index contributed by atoms with van der Waals surface area (Å²) in [4.78, 5) is 14.9. The summed E-state index contributed by atoms with van der Waals surface area (Å²) in [5.41, 5.74) is 1.63. The van der Waals surface area contributed by atoms with Gasteiger partial charge < -0.3 is 4.90 Å². The van der Waals surface area contributed by atoms with Gasteiger partial charge in [-0.05, 0) is 26.8 Å². The van der Waals surface area contributed by atoms with Gasteiger partial charge in [-0.15, -0.1) is 0 Å². The zero-order chi connectivity index (χ0) is 16.4. The molecule has 0 unspecified atom stereocenters. The first-order chi connectivity index (χ1) is 11.1. The number of aryl methyl sites for hydroxylation is 1. The average Bonchev–Trinajstić information content (AvgIpc) is 3.23. The maximum absolute atomic E-state index is 12.9. The fourth-order valence-electron chi connectivity index (χ4n) is 2.73. The van der Waals surface area contributed by atoms with Crippen molar-refractivity contribution >= 4 is 17.7 Å². The molecule has 0 radical (unpaired) electrons. The molecule has 0 spiro atoms. The van der Waals surface area contributed by atoms with Crippen LogP contribution in [0.1, 0.15) is 48.9 Å². The molecule has 124 valence electrons. The summed E-state index contributed by atoms with van der Waals surface area (Å²) in [7, 11) is 0. The van der Waals surface area contributed by atoms with Crippen molar-refractivity contribution in [2.45, 2.75) is 39.4 Å². The van der Waals surface area contributed by atoms with E-state index in [9.17, 15) is 4.79 Å². The van der Waals surface area contributed by atoms with Gasteiger partial charge in [0.05, 0.1) is 12.2 Å². The first-order valence-electron chi connectivity index (χ1n) is 8.06. The summed E-state index contributed by atoms with van der Waals surface area (Å²) in [5.74, 6) is 1.89. The number of aromatic nitrogens is 4. The van der Waals surface area contributed by atoms with Gasteiger partial charge in [-0.25, -0.2) is 0 Å². The summed E-state index contributed by atoms with van der Waals surface area (Å²) < 4.78 is 3.74. The SMILES string of the molecule is CCn1cc([C@H]2CSCCN2C(=O)c2ccn(C(C)C)n2)cn1. The number of hydrogen-bond donors (Lipinski definition) is 0. The Balaban J connectivity index is 1.83. The second kappa shape index (κ2) is 6.78. The molecular weight excluding hydrogens is 310 g/mol. The summed E-state index contributed by atoms with van der Waals surface area (Å²) in [6.45, 7) is 7.77. The van der Waals surface area contributed by atoms with Gasteiger partial charge in [-0.1, -0.05) is 0 Å². The quantitative estimate of drug-likeness (QED) is 0.863. The Morgan fingerprint density at radius 1 is 1.48 bits per heavy atom. The number of amides is 1. The molecule has 23 heavy (non-hydrogen) atoms. The Bertz CT molecular complexity index is 678. The molecule has 0 bridgehead atoms. The smallest absolute Gasteiger partial charge is 0.274 e. The lowest BCUT2D eigenvalue weighted by Gasteiger charge is -2.34. The van der Waals surface area contributed by atoms with Crippen LogP contribution >= 0.6 is 11.8 Å². The van der Waals surface area contributed by atoms with E-state index in [1.807, 2.05) is 50.7 Å². The van der Waals surface area contributed by atoms with Crippen LogP contribution in [0, 0.1) is 0 Å². The topological polar surface area (TPSA) is 56.0 Å². The zero-order valence-electron chi connectivity index (χ0n) is 13.8. The van der Waals surface area contributed by atoms with Crippen molar-refractivity contribution in [1.82, 2.24) is 24.5 Å². The van der Waals surface area contributed by atoms with E-state index in [4.69, 9.17) is 0 Å². The molecule has 1 atom stereocenters. The minimum Gasteiger partial charge on any atom is -0.328 e. The predicted octanol–water partition coefficient (Wildman–Crippen LogP) is 2.61. The third-order valence-corrected chi connectivity index (χ3v) is 5.13. The molecule has 0 aromatic carbocycles. The summed E-state index contributed by atoms with van der Waals surface area (Å²) in [6.07, 6.45) is 5.80. The average molecular weight is 333 g/mol. The van der Waals surface area contributed by atoms with Crippen LogP contribution < -0.4 is 0 Å². The first-order valence-corrected chi connectivity index (χ1v) is 9.21. The minimum absolute atomic E-state index is 0.0129. The van der Waals surface area contributed by atoms with Crippen LogP contribution in [0.25, 0.3) is 0 Å². The van der Waals surface area contributed by atoms with Crippen LogP contribution in [0.3, 0.4) is 0 Å². The molecular formula is C16H23N5OS. The van der Waals surface area contributed by atoms with E-state index in [1.165, 1.54) is 0 Å². The van der Waals surface area contributed by atoms with E-state index >= 15 is 0 Å².